The minimum atomic E-state index is -2.45. The summed E-state index contributed by atoms with van der Waals surface area (Å²) < 4.78 is 0. The molecule has 0 saturated heterocycles. The van der Waals surface area contributed by atoms with Crippen molar-refractivity contribution in [2.75, 3.05) is 0 Å². The molecule has 0 N–H and O–H groups in total. The van der Waals surface area contributed by atoms with Crippen LogP contribution in [-0.2, 0) is 0 Å². The quantitative estimate of drug-likeness (QED) is 0.507. The summed E-state index contributed by atoms with van der Waals surface area (Å²) in [7, 11) is 0. The van der Waals surface area contributed by atoms with E-state index in [0.717, 1.165) is 0 Å². The summed E-state index contributed by atoms with van der Waals surface area (Å²) in [5.41, 5.74) is 1.37. The van der Waals surface area contributed by atoms with Crippen LogP contribution in [0.15, 0.2) is 12.3 Å². The van der Waals surface area contributed by atoms with Crippen molar-refractivity contribution in [1.82, 2.24) is 0 Å². The molecular weight excluding hydrogens is 333 g/mol. The van der Waals surface area contributed by atoms with E-state index in [-0.39, 0.29) is 11.0 Å². The van der Waals surface area contributed by atoms with E-state index in [9.17, 15) is 0 Å². The Hall–Kier alpha value is 2.13. The number of hydrogen-bond acceptors (Lipinski definition) is 0. The molecule has 0 aliphatic rings. The van der Waals surface area contributed by atoms with Gasteiger partial charge in [0.25, 0.3) is 0 Å². The van der Waals surface area contributed by atoms with Gasteiger partial charge in [-0.25, -0.2) is 0 Å². The number of hydrogen-bond donors (Lipinski definition) is 0. The molecule has 0 aromatic rings. The van der Waals surface area contributed by atoms with E-state index in [0.29, 0.717) is 0 Å². The van der Waals surface area contributed by atoms with Gasteiger partial charge in [0.1, 0.15) is 0 Å². The van der Waals surface area contributed by atoms with Gasteiger partial charge in [-0.15, -0.1) is 73.1 Å². The van der Waals surface area contributed by atoms with Crippen molar-refractivity contribution >= 4 is 89.4 Å². The number of rotatable bonds is 1. The topological polar surface area (TPSA) is 0 Å². The Balaban J connectivity index is -0.000000126. The van der Waals surface area contributed by atoms with E-state index in [2.05, 4.69) is 6.58 Å². The van der Waals surface area contributed by atoms with Crippen molar-refractivity contribution < 1.29 is 0 Å². The summed E-state index contributed by atoms with van der Waals surface area (Å²) in [5, 5.41) is 0. The molecule has 0 aliphatic carbocycles. The zero-order chi connectivity index (χ0) is 9.71. The summed E-state index contributed by atoms with van der Waals surface area (Å²) >= 11 is 31.4. The van der Waals surface area contributed by atoms with E-state index in [1.165, 1.54) is 5.70 Å². The maximum atomic E-state index is 5.27. The van der Waals surface area contributed by atoms with Gasteiger partial charge in [-0.1, -0.05) is 5.70 Å². The summed E-state index contributed by atoms with van der Waals surface area (Å²) in [6.45, 7) is 4.92. The van der Waals surface area contributed by atoms with Crippen molar-refractivity contribution in [2.24, 2.45) is 0 Å². The van der Waals surface area contributed by atoms with Gasteiger partial charge in [-0.2, -0.15) is 0 Å². The first-order valence-corrected chi connectivity index (χ1v) is 13.0. The molecule has 0 nitrogen and oxygen atoms in total. The lowest BCUT2D eigenvalue weighted by atomic mass is 11.3. The smallest absolute Gasteiger partial charge is 0.126 e. The van der Waals surface area contributed by atoms with Crippen LogP contribution in [0.3, 0.4) is 0 Å². The molecule has 0 heterocycles. The Kier molecular flexibility index (Phi) is 13.8. The Morgan fingerprint density at radius 2 is 1.08 bits per heavy atom. The fourth-order valence-corrected chi connectivity index (χ4v) is 0. The highest BCUT2D eigenvalue weighted by Crippen LogP contribution is 2.19. The Morgan fingerprint density at radius 1 is 1.00 bits per heavy atom. The summed E-state index contributed by atoms with van der Waals surface area (Å²) in [4.78, 5) is 0. The minimum absolute atomic E-state index is 0. The van der Waals surface area contributed by atoms with Crippen molar-refractivity contribution in [3.05, 3.63) is 12.3 Å². The molecule has 0 bridgehead atoms. The highest BCUT2D eigenvalue weighted by atomic mass is 35.8. The van der Waals surface area contributed by atoms with Crippen LogP contribution in [0.2, 0.25) is 6.55 Å². The molecule has 0 amide bonds. The third kappa shape index (κ3) is 57.1. The second kappa shape index (κ2) is 8.44. The molecule has 0 aromatic carbocycles. The molecule has 0 saturated carbocycles. The zero-order valence-electron chi connectivity index (χ0n) is 5.55. The second-order valence-corrected chi connectivity index (χ2v) is 20.2. The molecule has 0 aliphatic heterocycles. The average Bonchev–Trinajstić information content (AvgIpc) is 1.59. The summed E-state index contributed by atoms with van der Waals surface area (Å²) in [6.07, 6.45) is 0. The van der Waals surface area contributed by atoms with Gasteiger partial charge in [0.15, 0.2) is 0 Å². The van der Waals surface area contributed by atoms with Crippen LogP contribution in [0.1, 0.15) is 0 Å². The Bertz CT molecular complexity index is 108. The fourth-order valence-electron chi connectivity index (χ4n) is 0. The number of halogens is 6. The summed E-state index contributed by atoms with van der Waals surface area (Å²) in [5.74, 6) is 0. The largest absolute Gasteiger partial charge is 0.365 e. The van der Waals surface area contributed by atoms with E-state index in [4.69, 9.17) is 66.5 Å². The van der Waals surface area contributed by atoms with Crippen molar-refractivity contribution in [1.29, 1.82) is 0 Å². The maximum absolute atomic E-state index is 5.27. The molecule has 9 heteroatoms. The van der Waals surface area contributed by atoms with Gasteiger partial charge in [0.05, 0.1) is 0 Å². The van der Waals surface area contributed by atoms with Crippen LogP contribution >= 0.6 is 66.5 Å². The molecule has 0 atom stereocenters. The van der Waals surface area contributed by atoms with E-state index in [1.807, 2.05) is 0 Å². The van der Waals surface area contributed by atoms with Crippen molar-refractivity contribution in [2.45, 2.75) is 6.55 Å². The first kappa shape index (κ1) is 19.7. The highest BCUT2D eigenvalue weighted by Gasteiger charge is 2.17. The third-order valence-electron chi connectivity index (χ3n) is 0.231. The second-order valence-electron chi connectivity index (χ2n) is 1.53. The van der Waals surface area contributed by atoms with Crippen LogP contribution in [0.4, 0.5) is 0 Å². The first-order chi connectivity index (χ1) is 4.56. The van der Waals surface area contributed by atoms with Crippen LogP contribution in [0, 0.1) is 0 Å². The molecule has 12 heavy (non-hydrogen) atoms. The molecular formula is C3H10Cl6Si3. The standard InChI is InChI=1S/C2H3Cl3Si.CH3Cl3Si.H4Si/c1-2-6(3,4)5;1-5(2,3)4;/h2H,1H2;1H3;1H4. The molecule has 0 radical (unpaired) electrons. The summed E-state index contributed by atoms with van der Waals surface area (Å²) in [6, 6.07) is -4.65. The van der Waals surface area contributed by atoms with E-state index >= 15 is 0 Å². The minimum Gasteiger partial charge on any atom is -0.126 e. The predicted molar refractivity (Wildman–Crippen MR) is 74.0 cm³/mol. The maximum Gasteiger partial charge on any atom is 0.365 e. The lowest BCUT2D eigenvalue weighted by Crippen LogP contribution is -2.01. The van der Waals surface area contributed by atoms with E-state index < -0.39 is 12.0 Å². The molecule has 0 spiro atoms. The van der Waals surface area contributed by atoms with Crippen LogP contribution < -0.4 is 0 Å². The molecule has 0 aromatic heterocycles. The van der Waals surface area contributed by atoms with Crippen LogP contribution in [0.5, 0.6) is 0 Å². The van der Waals surface area contributed by atoms with Gasteiger partial charge in [-0.3, -0.25) is 0 Å². The predicted octanol–water partition coefficient (Wildman–Crippen LogP) is 3.19. The van der Waals surface area contributed by atoms with Crippen molar-refractivity contribution in [3.8, 4) is 0 Å². The molecule has 0 unspecified atom stereocenters. The van der Waals surface area contributed by atoms with Crippen molar-refractivity contribution in [3.63, 3.8) is 0 Å². The SMILES string of the molecule is C=C[Si](Cl)(Cl)Cl.C[Si](Cl)(Cl)Cl.[SiH4]. The van der Waals surface area contributed by atoms with Crippen LogP contribution in [0.25, 0.3) is 0 Å². The normalized spacial score (nSPS) is 10.6. The van der Waals surface area contributed by atoms with Gasteiger partial charge >= 0.3 is 12.0 Å². The van der Waals surface area contributed by atoms with E-state index in [1.54, 1.807) is 6.55 Å². The molecule has 0 rings (SSSR count). The lowest BCUT2D eigenvalue weighted by Gasteiger charge is -1.92. The van der Waals surface area contributed by atoms with Crippen LogP contribution in [-0.4, -0.2) is 23.0 Å². The Labute approximate surface area is 107 Å². The fraction of sp³-hybridized carbons (Fsp3) is 0.333. The van der Waals surface area contributed by atoms with Gasteiger partial charge in [-0.05, 0) is 17.5 Å². The average molecular weight is 343 g/mol. The molecule has 76 valence electrons. The van der Waals surface area contributed by atoms with Gasteiger partial charge in [0.2, 0.25) is 0 Å². The van der Waals surface area contributed by atoms with Gasteiger partial charge < -0.3 is 0 Å². The lowest BCUT2D eigenvalue weighted by molar-refractivity contribution is 2.31. The molecule has 0 fully saturated rings. The third-order valence-corrected chi connectivity index (χ3v) is 2.08. The zero-order valence-corrected chi connectivity index (χ0v) is 12.1. The van der Waals surface area contributed by atoms with Gasteiger partial charge in [0, 0.05) is 0 Å². The Morgan fingerprint density at radius 3 is 1.08 bits per heavy atom. The highest BCUT2D eigenvalue weighted by molar-refractivity contribution is 7.66. The monoisotopic (exact) mass is 340 g/mol. The first-order valence-electron chi connectivity index (χ1n) is 2.33.